The Kier molecular flexibility index (Phi) is 1.75. The molecule has 0 aromatic heterocycles. The SMILES string of the molecule is CN1C2=C(F)NCCC2c2ccccc21. The Morgan fingerprint density at radius 2 is 2.20 bits per heavy atom. The molecule has 2 aliphatic rings. The molecular formula is C12H13FN2. The van der Waals surface area contributed by atoms with Crippen LogP contribution in [0.2, 0.25) is 0 Å². The van der Waals surface area contributed by atoms with Crippen LogP contribution in [0.1, 0.15) is 17.9 Å². The van der Waals surface area contributed by atoms with Gasteiger partial charge in [-0.2, -0.15) is 4.39 Å². The molecule has 1 aromatic carbocycles. The molecule has 1 aromatic rings. The van der Waals surface area contributed by atoms with E-state index >= 15 is 0 Å². The Bertz CT molecular complexity index is 439. The van der Waals surface area contributed by atoms with Gasteiger partial charge in [-0.05, 0) is 18.1 Å². The van der Waals surface area contributed by atoms with Crippen LogP contribution in [-0.4, -0.2) is 13.6 Å². The lowest BCUT2D eigenvalue weighted by Gasteiger charge is -2.24. The van der Waals surface area contributed by atoms with E-state index in [1.165, 1.54) is 5.56 Å². The fourth-order valence-corrected chi connectivity index (χ4v) is 2.61. The van der Waals surface area contributed by atoms with Crippen LogP contribution in [0.4, 0.5) is 10.1 Å². The minimum atomic E-state index is -0.162. The molecule has 1 N–H and O–H groups in total. The van der Waals surface area contributed by atoms with Crippen LogP contribution in [0.25, 0.3) is 0 Å². The van der Waals surface area contributed by atoms with Crippen LogP contribution in [0.15, 0.2) is 35.9 Å². The zero-order valence-electron chi connectivity index (χ0n) is 8.63. The number of benzene rings is 1. The highest BCUT2D eigenvalue weighted by Gasteiger charge is 2.36. The number of hydrogen-bond donors (Lipinski definition) is 1. The van der Waals surface area contributed by atoms with Crippen molar-refractivity contribution < 1.29 is 4.39 Å². The zero-order chi connectivity index (χ0) is 10.4. The van der Waals surface area contributed by atoms with Gasteiger partial charge in [0, 0.05) is 25.2 Å². The summed E-state index contributed by atoms with van der Waals surface area (Å²) in [5, 5.41) is 2.79. The van der Waals surface area contributed by atoms with Crippen molar-refractivity contribution in [3.63, 3.8) is 0 Å². The smallest absolute Gasteiger partial charge is 0.207 e. The van der Waals surface area contributed by atoms with Crippen molar-refractivity contribution in [1.29, 1.82) is 0 Å². The molecule has 1 unspecified atom stereocenters. The first-order valence-corrected chi connectivity index (χ1v) is 5.25. The van der Waals surface area contributed by atoms with E-state index in [9.17, 15) is 4.39 Å². The third kappa shape index (κ3) is 1.09. The molecule has 2 heterocycles. The lowest BCUT2D eigenvalue weighted by molar-refractivity contribution is 0.470. The summed E-state index contributed by atoms with van der Waals surface area (Å²) in [5.74, 6) is 0.0809. The summed E-state index contributed by atoms with van der Waals surface area (Å²) in [6, 6.07) is 8.17. The first kappa shape index (κ1) is 8.77. The molecule has 0 aliphatic carbocycles. The first-order valence-electron chi connectivity index (χ1n) is 5.25. The number of hydrogen-bond acceptors (Lipinski definition) is 2. The molecule has 2 aliphatic heterocycles. The van der Waals surface area contributed by atoms with Gasteiger partial charge in [-0.15, -0.1) is 0 Å². The van der Waals surface area contributed by atoms with Gasteiger partial charge in [-0.25, -0.2) is 0 Å². The maximum Gasteiger partial charge on any atom is 0.207 e. The molecule has 0 fully saturated rings. The zero-order valence-corrected chi connectivity index (χ0v) is 8.63. The van der Waals surface area contributed by atoms with Gasteiger partial charge in [0.25, 0.3) is 0 Å². The van der Waals surface area contributed by atoms with Gasteiger partial charge in [-0.1, -0.05) is 18.2 Å². The summed E-state index contributed by atoms with van der Waals surface area (Å²) in [6.07, 6.45) is 0.976. The monoisotopic (exact) mass is 204 g/mol. The second-order valence-corrected chi connectivity index (χ2v) is 4.09. The second kappa shape index (κ2) is 2.99. The maximum absolute atomic E-state index is 13.7. The Balaban J connectivity index is 2.20. The van der Waals surface area contributed by atoms with E-state index in [0.717, 1.165) is 24.4 Å². The molecule has 0 spiro atoms. The molecule has 0 saturated heterocycles. The number of allylic oxidation sites excluding steroid dienone is 1. The highest BCUT2D eigenvalue weighted by Crippen LogP contribution is 2.46. The van der Waals surface area contributed by atoms with Gasteiger partial charge in [0.1, 0.15) is 0 Å². The number of para-hydroxylation sites is 1. The molecule has 15 heavy (non-hydrogen) atoms. The average molecular weight is 204 g/mol. The van der Waals surface area contributed by atoms with Crippen LogP contribution in [0.5, 0.6) is 0 Å². The van der Waals surface area contributed by atoms with Gasteiger partial charge >= 0.3 is 0 Å². The third-order valence-corrected chi connectivity index (χ3v) is 3.30. The Labute approximate surface area is 88.4 Å². The molecule has 0 bridgehead atoms. The van der Waals surface area contributed by atoms with Gasteiger partial charge in [0.2, 0.25) is 5.95 Å². The molecule has 0 radical (unpaired) electrons. The predicted octanol–water partition coefficient (Wildman–Crippen LogP) is 2.35. The van der Waals surface area contributed by atoms with Crippen LogP contribution in [0, 0.1) is 0 Å². The predicted molar refractivity (Wildman–Crippen MR) is 58.3 cm³/mol. The van der Waals surface area contributed by atoms with Crippen molar-refractivity contribution in [1.82, 2.24) is 5.32 Å². The van der Waals surface area contributed by atoms with Gasteiger partial charge in [0.15, 0.2) is 0 Å². The lowest BCUT2D eigenvalue weighted by atomic mass is 9.94. The lowest BCUT2D eigenvalue weighted by Crippen LogP contribution is -2.28. The Hall–Kier alpha value is -1.51. The van der Waals surface area contributed by atoms with Crippen LogP contribution < -0.4 is 10.2 Å². The van der Waals surface area contributed by atoms with E-state index in [2.05, 4.69) is 11.4 Å². The molecular weight excluding hydrogens is 191 g/mol. The summed E-state index contributed by atoms with van der Waals surface area (Å²) >= 11 is 0. The molecule has 0 amide bonds. The van der Waals surface area contributed by atoms with Gasteiger partial charge < -0.3 is 10.2 Å². The third-order valence-electron chi connectivity index (χ3n) is 3.30. The first-order chi connectivity index (χ1) is 7.29. The van der Waals surface area contributed by atoms with E-state index in [-0.39, 0.29) is 11.9 Å². The minimum Gasteiger partial charge on any atom is -0.360 e. The highest BCUT2D eigenvalue weighted by atomic mass is 19.1. The van der Waals surface area contributed by atoms with E-state index in [4.69, 9.17) is 0 Å². The standard InChI is InChI=1S/C12H13FN2/c1-15-10-5-3-2-4-8(10)9-6-7-14-12(13)11(9)15/h2-5,9,14H,6-7H2,1H3. The molecule has 78 valence electrons. The van der Waals surface area contributed by atoms with Gasteiger partial charge in [0.05, 0.1) is 5.70 Å². The van der Waals surface area contributed by atoms with Crippen LogP contribution in [-0.2, 0) is 0 Å². The van der Waals surface area contributed by atoms with E-state index in [1.807, 2.05) is 30.1 Å². The number of halogens is 1. The summed E-state index contributed by atoms with van der Waals surface area (Å²) in [6.45, 7) is 0.724. The topological polar surface area (TPSA) is 15.3 Å². The number of likely N-dealkylation sites (N-methyl/N-ethyl adjacent to an activating group) is 1. The van der Waals surface area contributed by atoms with E-state index in [1.54, 1.807) is 0 Å². The number of nitrogens with zero attached hydrogens (tertiary/aromatic N) is 1. The Morgan fingerprint density at radius 3 is 3.07 bits per heavy atom. The summed E-state index contributed by atoms with van der Waals surface area (Å²) in [4.78, 5) is 1.96. The summed E-state index contributed by atoms with van der Waals surface area (Å²) < 4.78 is 13.7. The second-order valence-electron chi connectivity index (χ2n) is 4.09. The van der Waals surface area contributed by atoms with Crippen molar-refractivity contribution in [3.05, 3.63) is 41.5 Å². The summed E-state index contributed by atoms with van der Waals surface area (Å²) in [5.41, 5.74) is 3.19. The number of nitrogens with one attached hydrogen (secondary N) is 1. The molecule has 3 heteroatoms. The van der Waals surface area contributed by atoms with Crippen molar-refractivity contribution >= 4 is 5.69 Å². The fourth-order valence-electron chi connectivity index (χ4n) is 2.61. The van der Waals surface area contributed by atoms with Crippen LogP contribution in [0.3, 0.4) is 0 Å². The highest BCUT2D eigenvalue weighted by molar-refractivity contribution is 5.68. The molecule has 0 saturated carbocycles. The largest absolute Gasteiger partial charge is 0.360 e. The molecule has 1 atom stereocenters. The summed E-state index contributed by atoms with van der Waals surface area (Å²) in [7, 11) is 1.93. The molecule has 2 nitrogen and oxygen atoms in total. The van der Waals surface area contributed by atoms with Crippen molar-refractivity contribution in [2.45, 2.75) is 12.3 Å². The van der Waals surface area contributed by atoms with E-state index in [0.29, 0.717) is 0 Å². The van der Waals surface area contributed by atoms with Crippen molar-refractivity contribution in [3.8, 4) is 0 Å². The van der Waals surface area contributed by atoms with Crippen molar-refractivity contribution in [2.24, 2.45) is 0 Å². The number of fused-ring (bicyclic) bond motifs is 3. The maximum atomic E-state index is 13.7. The number of rotatable bonds is 0. The van der Waals surface area contributed by atoms with Crippen molar-refractivity contribution in [2.75, 3.05) is 18.5 Å². The quantitative estimate of drug-likeness (QED) is 0.652. The van der Waals surface area contributed by atoms with Crippen LogP contribution >= 0.6 is 0 Å². The fraction of sp³-hybridized carbons (Fsp3) is 0.333. The minimum absolute atomic E-state index is 0.162. The van der Waals surface area contributed by atoms with Gasteiger partial charge in [-0.3, -0.25) is 0 Å². The normalized spacial score (nSPS) is 23.6. The number of anilines is 1. The molecule has 3 rings (SSSR count). The Morgan fingerprint density at radius 1 is 1.40 bits per heavy atom. The average Bonchev–Trinajstić information content (AvgIpc) is 2.55. The van der Waals surface area contributed by atoms with E-state index < -0.39 is 0 Å².